The lowest BCUT2D eigenvalue weighted by Gasteiger charge is -2.36. The van der Waals surface area contributed by atoms with E-state index in [0.29, 0.717) is 18.4 Å². The van der Waals surface area contributed by atoms with Crippen LogP contribution in [-0.4, -0.2) is 33.6 Å². The maximum absolute atomic E-state index is 13.4. The minimum atomic E-state index is -3.68. The number of benzene rings is 1. The van der Waals surface area contributed by atoms with Gasteiger partial charge in [-0.15, -0.1) is 0 Å². The van der Waals surface area contributed by atoms with Gasteiger partial charge >= 0.3 is 0 Å². The minimum absolute atomic E-state index is 0.00356. The zero-order chi connectivity index (χ0) is 19.2. The first kappa shape index (κ1) is 19.5. The lowest BCUT2D eigenvalue weighted by Crippen LogP contribution is -2.46. The third kappa shape index (κ3) is 3.21. The summed E-state index contributed by atoms with van der Waals surface area (Å²) in [5.41, 5.74) is -0.543. The van der Waals surface area contributed by atoms with Crippen LogP contribution in [0.1, 0.15) is 44.8 Å². The third-order valence-corrected chi connectivity index (χ3v) is 8.05. The second-order valence-electron chi connectivity index (χ2n) is 8.05. The van der Waals surface area contributed by atoms with Gasteiger partial charge in [0.15, 0.2) is 0 Å². The lowest BCUT2D eigenvalue weighted by molar-refractivity contribution is -0.128. The van der Waals surface area contributed by atoms with Gasteiger partial charge in [0.05, 0.1) is 11.9 Å². The van der Waals surface area contributed by atoms with Gasteiger partial charge < -0.3 is 4.74 Å². The first-order valence-corrected chi connectivity index (χ1v) is 10.6. The normalized spacial score (nSPS) is 28.5. The molecule has 144 valence electrons. The van der Waals surface area contributed by atoms with E-state index < -0.39 is 27.4 Å². The van der Waals surface area contributed by atoms with Crippen LogP contribution in [0.2, 0.25) is 0 Å². The number of ketones is 1. The molecule has 3 atom stereocenters. The smallest absolute Gasteiger partial charge is 0.212 e. The molecule has 0 spiro atoms. The molecule has 3 unspecified atom stereocenters. The van der Waals surface area contributed by atoms with Gasteiger partial charge in [-0.3, -0.25) is 4.79 Å². The minimum Gasteiger partial charge on any atom is -0.375 e. The van der Waals surface area contributed by atoms with E-state index in [2.05, 4.69) is 4.72 Å². The van der Waals surface area contributed by atoms with Crippen molar-refractivity contribution >= 4 is 15.8 Å². The molecule has 2 bridgehead atoms. The number of sulfonamides is 1. The zero-order valence-electron chi connectivity index (χ0n) is 15.4. The number of carbonyl (C=O) groups excluding carboxylic acids is 1. The highest BCUT2D eigenvalue weighted by Gasteiger charge is 2.65. The van der Waals surface area contributed by atoms with E-state index in [-0.39, 0.29) is 29.4 Å². The molecule has 5 nitrogen and oxygen atoms in total. The van der Waals surface area contributed by atoms with E-state index in [4.69, 9.17) is 4.74 Å². The van der Waals surface area contributed by atoms with Crippen LogP contribution in [0.5, 0.6) is 0 Å². The highest BCUT2D eigenvalue weighted by Crippen LogP contribution is 2.64. The van der Waals surface area contributed by atoms with Gasteiger partial charge in [0.25, 0.3) is 0 Å². The van der Waals surface area contributed by atoms with Crippen molar-refractivity contribution in [2.75, 3.05) is 19.4 Å². The molecule has 2 aliphatic rings. The van der Waals surface area contributed by atoms with Crippen LogP contribution in [0, 0.1) is 22.6 Å². The molecule has 1 aromatic rings. The Morgan fingerprint density at radius 1 is 1.38 bits per heavy atom. The number of nitrogens with one attached hydrogen (secondary N) is 1. The summed E-state index contributed by atoms with van der Waals surface area (Å²) in [4.78, 5) is 12.5. The molecule has 2 aliphatic carbocycles. The average molecular weight is 383 g/mol. The summed E-state index contributed by atoms with van der Waals surface area (Å²) in [6.07, 6.45) is 1.41. The summed E-state index contributed by atoms with van der Waals surface area (Å²) < 4.78 is 46.7. The number of rotatable bonds is 7. The van der Waals surface area contributed by atoms with E-state index in [0.717, 1.165) is 6.42 Å². The Bertz CT molecular complexity index is 808. The van der Waals surface area contributed by atoms with Crippen LogP contribution in [-0.2, 0) is 19.6 Å². The maximum atomic E-state index is 13.4. The Kier molecular flexibility index (Phi) is 5.01. The van der Waals surface area contributed by atoms with Gasteiger partial charge in [0.1, 0.15) is 11.6 Å². The Hall–Kier alpha value is -1.31. The summed E-state index contributed by atoms with van der Waals surface area (Å²) in [7, 11) is -2.23. The molecule has 1 aromatic carbocycles. The van der Waals surface area contributed by atoms with E-state index >= 15 is 0 Å². The number of ether oxygens (including phenoxy) is 1. The summed E-state index contributed by atoms with van der Waals surface area (Å²) >= 11 is 0. The zero-order valence-corrected chi connectivity index (χ0v) is 16.2. The Morgan fingerprint density at radius 3 is 2.65 bits per heavy atom. The van der Waals surface area contributed by atoms with Crippen LogP contribution in [0.25, 0.3) is 0 Å². The second-order valence-corrected chi connectivity index (χ2v) is 9.86. The van der Waals surface area contributed by atoms with Crippen molar-refractivity contribution in [2.24, 2.45) is 16.7 Å². The molecule has 7 heteroatoms. The summed E-state index contributed by atoms with van der Waals surface area (Å²) in [6, 6.07) is 5.90. The number of hydrogen-bond acceptors (Lipinski definition) is 4. The molecule has 0 aromatic heterocycles. The van der Waals surface area contributed by atoms with E-state index in [9.17, 15) is 17.6 Å². The number of halogens is 1. The number of hydrogen-bond donors (Lipinski definition) is 1. The fraction of sp³-hybridized carbons (Fsp3) is 0.632. The monoisotopic (exact) mass is 383 g/mol. The van der Waals surface area contributed by atoms with Gasteiger partial charge in [-0.25, -0.2) is 17.5 Å². The predicted molar refractivity (Wildman–Crippen MR) is 96.5 cm³/mol. The molecule has 3 rings (SSSR count). The first-order valence-electron chi connectivity index (χ1n) is 8.90. The fourth-order valence-electron chi connectivity index (χ4n) is 4.73. The van der Waals surface area contributed by atoms with Gasteiger partial charge in [0.2, 0.25) is 10.0 Å². The summed E-state index contributed by atoms with van der Waals surface area (Å²) in [5.74, 6) is -0.259. The van der Waals surface area contributed by atoms with Gasteiger partial charge in [-0.1, -0.05) is 26.0 Å². The molecule has 2 fully saturated rings. The quantitative estimate of drug-likeness (QED) is 0.786. The van der Waals surface area contributed by atoms with Crippen LogP contribution < -0.4 is 4.72 Å². The second kappa shape index (κ2) is 6.69. The topological polar surface area (TPSA) is 72.5 Å². The number of fused-ring (bicyclic) bond motifs is 2. The number of Topliss-reactive ketones (excluding diaryl/α,β-unsaturated/α-hetero) is 1. The lowest BCUT2D eigenvalue weighted by atomic mass is 9.70. The first-order chi connectivity index (χ1) is 12.1. The summed E-state index contributed by atoms with van der Waals surface area (Å²) in [5, 5.41) is 0. The van der Waals surface area contributed by atoms with Gasteiger partial charge in [-0.05, 0) is 41.9 Å². The molecule has 0 heterocycles. The van der Waals surface area contributed by atoms with E-state index in [1.54, 1.807) is 12.1 Å². The van der Waals surface area contributed by atoms with Gasteiger partial charge in [0, 0.05) is 25.5 Å². The van der Waals surface area contributed by atoms with Crippen LogP contribution >= 0.6 is 0 Å². The van der Waals surface area contributed by atoms with Crippen LogP contribution in [0.15, 0.2) is 24.3 Å². The molecular weight excluding hydrogens is 357 g/mol. The Balaban J connectivity index is 1.72. The SMILES string of the molecule is COC(CNS(=O)(=O)CC12CCC(CC1=O)C2(C)C)c1cccc(F)c1. The van der Waals surface area contributed by atoms with E-state index in [1.165, 1.54) is 19.2 Å². The Labute approximate surface area is 154 Å². The van der Waals surface area contributed by atoms with Crippen molar-refractivity contribution in [3.63, 3.8) is 0 Å². The molecule has 0 saturated heterocycles. The fourth-order valence-corrected chi connectivity index (χ4v) is 6.56. The van der Waals surface area contributed by atoms with Gasteiger partial charge in [-0.2, -0.15) is 0 Å². The molecule has 26 heavy (non-hydrogen) atoms. The third-order valence-electron chi connectivity index (χ3n) is 6.57. The predicted octanol–water partition coefficient (Wildman–Crippen LogP) is 2.83. The largest absolute Gasteiger partial charge is 0.375 e. The molecule has 0 amide bonds. The van der Waals surface area contributed by atoms with E-state index in [1.807, 2.05) is 13.8 Å². The molecule has 0 radical (unpaired) electrons. The maximum Gasteiger partial charge on any atom is 0.212 e. The summed E-state index contributed by atoms with van der Waals surface area (Å²) in [6.45, 7) is 4.02. The number of carbonyl (C=O) groups is 1. The highest BCUT2D eigenvalue weighted by atomic mass is 32.2. The van der Waals surface area contributed by atoms with Crippen molar-refractivity contribution in [3.05, 3.63) is 35.6 Å². The average Bonchev–Trinajstić information content (AvgIpc) is 2.89. The Morgan fingerprint density at radius 2 is 2.12 bits per heavy atom. The number of methoxy groups -OCH3 is 1. The van der Waals surface area contributed by atoms with Crippen LogP contribution in [0.4, 0.5) is 4.39 Å². The molecule has 1 N–H and O–H groups in total. The molecule has 2 saturated carbocycles. The van der Waals surface area contributed by atoms with Crippen molar-refractivity contribution in [3.8, 4) is 0 Å². The molecular formula is C19H26FNO4S. The molecule has 0 aliphatic heterocycles. The van der Waals surface area contributed by atoms with Crippen molar-refractivity contribution in [1.82, 2.24) is 4.72 Å². The van der Waals surface area contributed by atoms with Crippen molar-refractivity contribution in [2.45, 2.75) is 39.2 Å². The standard InChI is InChI=1S/C19H26FNO4S/c1-18(2)14-7-8-19(18,17(22)10-14)12-26(23,24)21-11-16(25-3)13-5-4-6-15(20)9-13/h4-6,9,14,16,21H,7-8,10-12H2,1-3H3. The van der Waals surface area contributed by atoms with Crippen molar-refractivity contribution < 1.29 is 22.3 Å². The van der Waals surface area contributed by atoms with Crippen LogP contribution in [0.3, 0.4) is 0 Å². The highest BCUT2D eigenvalue weighted by molar-refractivity contribution is 7.89. The van der Waals surface area contributed by atoms with Crippen molar-refractivity contribution in [1.29, 1.82) is 0 Å².